The second-order valence-corrected chi connectivity index (χ2v) is 5.98. The van der Waals surface area contributed by atoms with Crippen LogP contribution in [-0.4, -0.2) is 16.9 Å². The molecule has 1 aromatic rings. The van der Waals surface area contributed by atoms with Crippen molar-refractivity contribution in [3.63, 3.8) is 0 Å². The number of halogens is 1. The van der Waals surface area contributed by atoms with Gasteiger partial charge in [0.15, 0.2) is 0 Å². The molecule has 3 nitrogen and oxygen atoms in total. The summed E-state index contributed by atoms with van der Waals surface area (Å²) in [5, 5.41) is 2.93. The lowest BCUT2D eigenvalue weighted by molar-refractivity contribution is -0.120. The number of benzene rings is 1. The largest absolute Gasteiger partial charge is 0.392 e. The van der Waals surface area contributed by atoms with Crippen molar-refractivity contribution in [3.8, 4) is 0 Å². The highest BCUT2D eigenvalue weighted by Gasteiger charge is 2.33. The standard InChI is InChI=1S/C13H15BrN2OS/c14-10-3-1-2-8(6-10)7-11(17)16-12(13(15)18)9-4-5-9/h1-3,6,9,12H,4-5,7H2,(H2,15,18)(H,16,17). The van der Waals surface area contributed by atoms with Crippen LogP contribution in [0.25, 0.3) is 0 Å². The maximum atomic E-state index is 11.9. The van der Waals surface area contributed by atoms with Crippen LogP contribution in [0.4, 0.5) is 0 Å². The predicted molar refractivity (Wildman–Crippen MR) is 79.3 cm³/mol. The fourth-order valence-corrected chi connectivity index (χ4v) is 2.61. The van der Waals surface area contributed by atoms with E-state index in [-0.39, 0.29) is 11.9 Å². The minimum atomic E-state index is -0.139. The van der Waals surface area contributed by atoms with E-state index in [1.54, 1.807) is 0 Å². The molecule has 0 radical (unpaired) electrons. The van der Waals surface area contributed by atoms with Crippen molar-refractivity contribution in [2.24, 2.45) is 11.7 Å². The van der Waals surface area contributed by atoms with E-state index in [1.165, 1.54) is 0 Å². The first-order chi connectivity index (χ1) is 8.56. The van der Waals surface area contributed by atoms with Crippen molar-refractivity contribution >= 4 is 39.0 Å². The van der Waals surface area contributed by atoms with Gasteiger partial charge in [-0.05, 0) is 36.5 Å². The van der Waals surface area contributed by atoms with E-state index < -0.39 is 0 Å². The Balaban J connectivity index is 1.93. The number of nitrogens with one attached hydrogen (secondary N) is 1. The van der Waals surface area contributed by atoms with Crippen molar-refractivity contribution in [1.29, 1.82) is 0 Å². The van der Waals surface area contributed by atoms with Gasteiger partial charge in [0, 0.05) is 4.47 Å². The predicted octanol–water partition coefficient (Wildman–Crippen LogP) is 2.17. The zero-order valence-electron chi connectivity index (χ0n) is 9.86. The number of amides is 1. The highest BCUT2D eigenvalue weighted by molar-refractivity contribution is 9.10. The second kappa shape index (κ2) is 5.80. The van der Waals surface area contributed by atoms with Gasteiger partial charge in [-0.25, -0.2) is 0 Å². The van der Waals surface area contributed by atoms with E-state index in [0.717, 1.165) is 22.9 Å². The van der Waals surface area contributed by atoms with Crippen LogP contribution >= 0.6 is 28.1 Å². The van der Waals surface area contributed by atoms with Gasteiger partial charge in [-0.1, -0.05) is 40.3 Å². The third-order valence-electron chi connectivity index (χ3n) is 2.97. The number of hydrogen-bond donors (Lipinski definition) is 2. The molecule has 18 heavy (non-hydrogen) atoms. The van der Waals surface area contributed by atoms with Crippen LogP contribution in [0.5, 0.6) is 0 Å². The van der Waals surface area contributed by atoms with E-state index in [9.17, 15) is 4.79 Å². The highest BCUT2D eigenvalue weighted by Crippen LogP contribution is 2.32. The number of thiocarbonyl (C=S) groups is 1. The van der Waals surface area contributed by atoms with Gasteiger partial charge in [0.05, 0.1) is 17.5 Å². The summed E-state index contributed by atoms with van der Waals surface area (Å²) in [4.78, 5) is 12.3. The van der Waals surface area contributed by atoms with Crippen LogP contribution in [0.15, 0.2) is 28.7 Å². The summed E-state index contributed by atoms with van der Waals surface area (Å²) in [5.74, 6) is 0.409. The van der Waals surface area contributed by atoms with Gasteiger partial charge in [0.1, 0.15) is 0 Å². The van der Waals surface area contributed by atoms with Crippen molar-refractivity contribution in [2.75, 3.05) is 0 Å². The topological polar surface area (TPSA) is 55.1 Å². The maximum Gasteiger partial charge on any atom is 0.224 e. The summed E-state index contributed by atoms with van der Waals surface area (Å²) >= 11 is 8.38. The Morgan fingerprint density at radius 3 is 2.83 bits per heavy atom. The molecule has 1 saturated carbocycles. The molecule has 1 fully saturated rings. The van der Waals surface area contributed by atoms with Gasteiger partial charge in [-0.15, -0.1) is 0 Å². The molecular formula is C13H15BrN2OS. The van der Waals surface area contributed by atoms with Crippen molar-refractivity contribution in [2.45, 2.75) is 25.3 Å². The highest BCUT2D eigenvalue weighted by atomic mass is 79.9. The average Bonchev–Trinajstić information content (AvgIpc) is 3.09. The Morgan fingerprint density at radius 2 is 2.28 bits per heavy atom. The molecular weight excluding hydrogens is 312 g/mol. The van der Waals surface area contributed by atoms with Gasteiger partial charge >= 0.3 is 0 Å². The lowest BCUT2D eigenvalue weighted by atomic mass is 10.1. The summed E-state index contributed by atoms with van der Waals surface area (Å²) in [6.45, 7) is 0. The molecule has 5 heteroatoms. The van der Waals surface area contributed by atoms with Crippen molar-refractivity contribution < 1.29 is 4.79 Å². The molecule has 0 heterocycles. The molecule has 0 aromatic heterocycles. The molecule has 0 bridgehead atoms. The Bertz CT molecular complexity index is 474. The first kappa shape index (κ1) is 13.5. The summed E-state index contributed by atoms with van der Waals surface area (Å²) in [7, 11) is 0. The van der Waals surface area contributed by atoms with Gasteiger partial charge in [-0.2, -0.15) is 0 Å². The normalized spacial score (nSPS) is 16.1. The van der Waals surface area contributed by atoms with Gasteiger partial charge < -0.3 is 11.1 Å². The number of carbonyl (C=O) groups excluding carboxylic acids is 1. The first-order valence-corrected chi connectivity index (χ1v) is 7.09. The van der Waals surface area contributed by atoms with Crippen LogP contribution in [0.3, 0.4) is 0 Å². The molecule has 1 atom stereocenters. The van der Waals surface area contributed by atoms with Crippen molar-refractivity contribution in [1.82, 2.24) is 5.32 Å². The van der Waals surface area contributed by atoms with E-state index in [1.807, 2.05) is 24.3 Å². The molecule has 1 amide bonds. The zero-order valence-corrected chi connectivity index (χ0v) is 12.3. The summed E-state index contributed by atoms with van der Waals surface area (Å²) in [5.41, 5.74) is 6.62. The Kier molecular flexibility index (Phi) is 4.35. The van der Waals surface area contributed by atoms with Crippen LogP contribution in [0, 0.1) is 5.92 Å². The molecule has 0 spiro atoms. The Hall–Kier alpha value is -0.940. The Labute approximate surface area is 120 Å². The van der Waals surface area contributed by atoms with Crippen molar-refractivity contribution in [3.05, 3.63) is 34.3 Å². The van der Waals surface area contributed by atoms with E-state index >= 15 is 0 Å². The number of hydrogen-bond acceptors (Lipinski definition) is 2. The molecule has 0 saturated heterocycles. The SMILES string of the molecule is NC(=S)C(NC(=O)Cc1cccc(Br)c1)C1CC1. The summed E-state index contributed by atoms with van der Waals surface area (Å²) in [6, 6.07) is 7.57. The number of rotatable bonds is 5. The minimum Gasteiger partial charge on any atom is -0.392 e. The molecule has 1 aliphatic carbocycles. The van der Waals surface area contributed by atoms with Crippen LogP contribution in [0.2, 0.25) is 0 Å². The van der Waals surface area contributed by atoms with Crippen LogP contribution < -0.4 is 11.1 Å². The molecule has 2 rings (SSSR count). The molecule has 0 aliphatic heterocycles. The molecule has 1 unspecified atom stereocenters. The lowest BCUT2D eigenvalue weighted by Gasteiger charge is -2.16. The first-order valence-electron chi connectivity index (χ1n) is 5.89. The molecule has 1 aliphatic rings. The quantitative estimate of drug-likeness (QED) is 0.815. The van der Waals surface area contributed by atoms with Gasteiger partial charge in [-0.3, -0.25) is 4.79 Å². The second-order valence-electron chi connectivity index (χ2n) is 4.59. The fourth-order valence-electron chi connectivity index (χ4n) is 1.91. The smallest absolute Gasteiger partial charge is 0.224 e. The average molecular weight is 327 g/mol. The Morgan fingerprint density at radius 1 is 1.56 bits per heavy atom. The fraction of sp³-hybridized carbons (Fsp3) is 0.385. The summed E-state index contributed by atoms with van der Waals surface area (Å²) < 4.78 is 0.973. The van der Waals surface area contributed by atoms with Gasteiger partial charge in [0.2, 0.25) is 5.91 Å². The lowest BCUT2D eigenvalue weighted by Crippen LogP contribution is -2.45. The number of carbonyl (C=O) groups is 1. The van der Waals surface area contributed by atoms with Crippen LogP contribution in [-0.2, 0) is 11.2 Å². The van der Waals surface area contributed by atoms with E-state index in [4.69, 9.17) is 18.0 Å². The molecule has 96 valence electrons. The molecule has 3 N–H and O–H groups in total. The maximum absolute atomic E-state index is 11.9. The number of nitrogens with two attached hydrogens (primary N) is 1. The monoisotopic (exact) mass is 326 g/mol. The van der Waals surface area contributed by atoms with Crippen LogP contribution in [0.1, 0.15) is 18.4 Å². The van der Waals surface area contributed by atoms with E-state index in [2.05, 4.69) is 21.2 Å². The third kappa shape index (κ3) is 3.78. The van der Waals surface area contributed by atoms with Gasteiger partial charge in [0.25, 0.3) is 0 Å². The third-order valence-corrected chi connectivity index (χ3v) is 3.72. The zero-order chi connectivity index (χ0) is 13.1. The minimum absolute atomic E-state index is 0.0298. The molecule has 1 aromatic carbocycles. The van der Waals surface area contributed by atoms with E-state index in [0.29, 0.717) is 17.3 Å². The summed E-state index contributed by atoms with van der Waals surface area (Å²) in [6.07, 6.45) is 2.55.